The summed E-state index contributed by atoms with van der Waals surface area (Å²) in [6.45, 7) is 7.97. The van der Waals surface area contributed by atoms with Crippen molar-refractivity contribution in [2.24, 2.45) is 4.99 Å². The molecule has 0 radical (unpaired) electrons. The van der Waals surface area contributed by atoms with Gasteiger partial charge in [0, 0.05) is 24.2 Å². The molecule has 154 valence electrons. The molecule has 2 rings (SSSR count). The molecule has 0 saturated carbocycles. The van der Waals surface area contributed by atoms with E-state index in [0.29, 0.717) is 31.5 Å². The molecule has 0 spiro atoms. The Hall–Kier alpha value is -2.36. The number of rotatable bonds is 8. The molecule has 0 atom stereocenters. The van der Waals surface area contributed by atoms with Crippen LogP contribution in [-0.4, -0.2) is 35.6 Å². The standard InChI is InChI=1S/C18H24F3N5OS/c1-4-22-17(25-10-16-26-14(11-28-16)12(2)3)23-7-8-27-15-6-5-13(9-24-15)18(19,20)21/h5-6,9,11-12H,4,7-8,10H2,1-3H3,(H2,22,23,25). The Morgan fingerprint density at radius 3 is 2.64 bits per heavy atom. The van der Waals surface area contributed by atoms with E-state index in [9.17, 15) is 13.2 Å². The third kappa shape index (κ3) is 6.99. The van der Waals surface area contributed by atoms with Gasteiger partial charge in [0.25, 0.3) is 0 Å². The normalized spacial score (nSPS) is 12.3. The van der Waals surface area contributed by atoms with Crippen molar-refractivity contribution in [3.8, 4) is 5.88 Å². The average Bonchev–Trinajstić information content (AvgIpc) is 3.12. The van der Waals surface area contributed by atoms with Crippen LogP contribution in [0.4, 0.5) is 13.2 Å². The molecule has 0 fully saturated rings. The number of aromatic nitrogens is 2. The van der Waals surface area contributed by atoms with Crippen LogP contribution in [0.3, 0.4) is 0 Å². The van der Waals surface area contributed by atoms with Crippen LogP contribution >= 0.6 is 11.3 Å². The quantitative estimate of drug-likeness (QED) is 0.390. The number of thiazole rings is 1. The van der Waals surface area contributed by atoms with Gasteiger partial charge in [-0.3, -0.25) is 0 Å². The van der Waals surface area contributed by atoms with E-state index in [1.165, 1.54) is 6.07 Å². The van der Waals surface area contributed by atoms with Crippen LogP contribution in [-0.2, 0) is 12.7 Å². The lowest BCUT2D eigenvalue weighted by Gasteiger charge is -2.12. The molecule has 0 unspecified atom stereocenters. The van der Waals surface area contributed by atoms with Crippen molar-refractivity contribution in [2.45, 2.75) is 39.4 Å². The lowest BCUT2D eigenvalue weighted by molar-refractivity contribution is -0.137. The van der Waals surface area contributed by atoms with Crippen LogP contribution in [0.15, 0.2) is 28.7 Å². The number of hydrogen-bond donors (Lipinski definition) is 2. The summed E-state index contributed by atoms with van der Waals surface area (Å²) in [6, 6.07) is 2.15. The van der Waals surface area contributed by atoms with Crippen LogP contribution in [0, 0.1) is 0 Å². The first-order valence-electron chi connectivity index (χ1n) is 8.92. The number of ether oxygens (including phenoxy) is 1. The van der Waals surface area contributed by atoms with Crippen molar-refractivity contribution in [3.05, 3.63) is 40.0 Å². The van der Waals surface area contributed by atoms with Gasteiger partial charge >= 0.3 is 6.18 Å². The second-order valence-electron chi connectivity index (χ2n) is 6.17. The molecule has 2 heterocycles. The molecule has 0 bridgehead atoms. The molecular weight excluding hydrogens is 391 g/mol. The second-order valence-corrected chi connectivity index (χ2v) is 7.12. The molecule has 6 nitrogen and oxygen atoms in total. The molecule has 0 aliphatic carbocycles. The highest BCUT2D eigenvalue weighted by Gasteiger charge is 2.30. The number of hydrogen-bond acceptors (Lipinski definition) is 5. The summed E-state index contributed by atoms with van der Waals surface area (Å²) in [7, 11) is 0. The fourth-order valence-electron chi connectivity index (χ4n) is 2.11. The van der Waals surface area contributed by atoms with Gasteiger partial charge in [-0.25, -0.2) is 15.0 Å². The number of alkyl halides is 3. The Balaban J connectivity index is 1.80. The lowest BCUT2D eigenvalue weighted by Crippen LogP contribution is -2.39. The number of nitrogens with one attached hydrogen (secondary N) is 2. The van der Waals surface area contributed by atoms with Crippen molar-refractivity contribution in [1.82, 2.24) is 20.6 Å². The summed E-state index contributed by atoms with van der Waals surface area (Å²) in [5.74, 6) is 1.14. The lowest BCUT2D eigenvalue weighted by atomic mass is 10.2. The fraction of sp³-hybridized carbons (Fsp3) is 0.500. The largest absolute Gasteiger partial charge is 0.476 e. The van der Waals surface area contributed by atoms with Crippen LogP contribution in [0.1, 0.15) is 43.0 Å². The van der Waals surface area contributed by atoms with Crippen molar-refractivity contribution in [3.63, 3.8) is 0 Å². The minimum atomic E-state index is -4.41. The second kappa shape index (κ2) is 10.3. The molecular formula is C18H24F3N5OS. The summed E-state index contributed by atoms with van der Waals surface area (Å²) >= 11 is 1.58. The van der Waals surface area contributed by atoms with Crippen molar-refractivity contribution >= 4 is 17.3 Å². The van der Waals surface area contributed by atoms with Gasteiger partial charge in [-0.05, 0) is 18.9 Å². The minimum Gasteiger partial charge on any atom is -0.476 e. The zero-order chi connectivity index (χ0) is 20.6. The van der Waals surface area contributed by atoms with Crippen LogP contribution < -0.4 is 15.4 Å². The van der Waals surface area contributed by atoms with E-state index in [2.05, 4.69) is 39.4 Å². The summed E-state index contributed by atoms with van der Waals surface area (Å²) < 4.78 is 42.9. The van der Waals surface area contributed by atoms with Gasteiger partial charge in [-0.15, -0.1) is 11.3 Å². The summed E-state index contributed by atoms with van der Waals surface area (Å²) in [6.07, 6.45) is -3.65. The Morgan fingerprint density at radius 2 is 2.07 bits per heavy atom. The molecule has 0 aliphatic rings. The van der Waals surface area contributed by atoms with E-state index in [1.807, 2.05) is 12.3 Å². The average molecular weight is 415 g/mol. The van der Waals surface area contributed by atoms with E-state index < -0.39 is 11.7 Å². The predicted molar refractivity (Wildman–Crippen MR) is 104 cm³/mol. The van der Waals surface area contributed by atoms with Crippen LogP contribution in [0.25, 0.3) is 0 Å². The van der Waals surface area contributed by atoms with E-state index in [-0.39, 0.29) is 12.5 Å². The van der Waals surface area contributed by atoms with Gasteiger partial charge in [0.15, 0.2) is 5.96 Å². The number of halogens is 3. The van der Waals surface area contributed by atoms with Crippen LogP contribution in [0.5, 0.6) is 5.88 Å². The number of nitrogens with zero attached hydrogens (tertiary/aromatic N) is 3. The number of guanidine groups is 1. The number of pyridine rings is 1. The highest BCUT2D eigenvalue weighted by molar-refractivity contribution is 7.09. The highest BCUT2D eigenvalue weighted by atomic mass is 32.1. The Bertz CT molecular complexity index is 759. The maximum Gasteiger partial charge on any atom is 0.417 e. The van der Waals surface area contributed by atoms with Crippen molar-refractivity contribution in [1.29, 1.82) is 0 Å². The van der Waals surface area contributed by atoms with E-state index >= 15 is 0 Å². The molecule has 10 heteroatoms. The molecule has 28 heavy (non-hydrogen) atoms. The number of aliphatic imine (C=N–C) groups is 1. The third-order valence-corrected chi connectivity index (χ3v) is 4.44. The summed E-state index contributed by atoms with van der Waals surface area (Å²) in [5, 5.41) is 9.21. The monoisotopic (exact) mass is 415 g/mol. The van der Waals surface area contributed by atoms with Gasteiger partial charge in [0.2, 0.25) is 5.88 Å². The highest BCUT2D eigenvalue weighted by Crippen LogP contribution is 2.29. The van der Waals surface area contributed by atoms with Gasteiger partial charge in [0.1, 0.15) is 11.6 Å². The smallest absolute Gasteiger partial charge is 0.417 e. The first kappa shape index (κ1) is 21.9. The maximum absolute atomic E-state index is 12.5. The molecule has 0 aromatic carbocycles. The third-order valence-electron chi connectivity index (χ3n) is 3.59. The maximum atomic E-state index is 12.5. The summed E-state index contributed by atoms with van der Waals surface area (Å²) in [5.41, 5.74) is 0.257. The molecule has 2 N–H and O–H groups in total. The zero-order valence-corrected chi connectivity index (χ0v) is 16.8. The van der Waals surface area contributed by atoms with Gasteiger partial charge in [-0.1, -0.05) is 13.8 Å². The van der Waals surface area contributed by atoms with E-state index in [1.54, 1.807) is 11.3 Å². The Labute approximate surface area is 166 Å². The first-order chi connectivity index (χ1) is 13.3. The van der Waals surface area contributed by atoms with Gasteiger partial charge in [0.05, 0.1) is 24.3 Å². The van der Waals surface area contributed by atoms with Crippen molar-refractivity contribution < 1.29 is 17.9 Å². The van der Waals surface area contributed by atoms with E-state index in [0.717, 1.165) is 23.0 Å². The first-order valence-corrected chi connectivity index (χ1v) is 9.80. The molecule has 0 amide bonds. The molecule has 2 aromatic rings. The SMILES string of the molecule is CCNC(=NCc1nc(C(C)C)cs1)NCCOc1ccc(C(F)(F)F)cn1. The summed E-state index contributed by atoms with van der Waals surface area (Å²) in [4.78, 5) is 12.7. The molecule has 0 saturated heterocycles. The Morgan fingerprint density at radius 1 is 1.29 bits per heavy atom. The predicted octanol–water partition coefficient (Wildman–Crippen LogP) is 3.81. The zero-order valence-electron chi connectivity index (χ0n) is 16.0. The Kier molecular flexibility index (Phi) is 8.04. The van der Waals surface area contributed by atoms with Crippen molar-refractivity contribution in [2.75, 3.05) is 19.7 Å². The molecule has 2 aromatic heterocycles. The van der Waals surface area contributed by atoms with Crippen LogP contribution in [0.2, 0.25) is 0 Å². The van der Waals surface area contributed by atoms with E-state index in [4.69, 9.17) is 4.74 Å². The van der Waals surface area contributed by atoms with Gasteiger partial charge < -0.3 is 15.4 Å². The minimum absolute atomic E-state index is 0.140. The molecule has 0 aliphatic heterocycles. The topological polar surface area (TPSA) is 71.4 Å². The van der Waals surface area contributed by atoms with Gasteiger partial charge in [-0.2, -0.15) is 13.2 Å². The fourth-order valence-corrected chi connectivity index (χ4v) is 2.99.